The smallest absolute Gasteiger partial charge is 0.339 e. The molecule has 0 aliphatic carbocycles. The van der Waals surface area contributed by atoms with Crippen LogP contribution in [0.3, 0.4) is 0 Å². The summed E-state index contributed by atoms with van der Waals surface area (Å²) in [5.41, 5.74) is 0.143. The highest BCUT2D eigenvalue weighted by molar-refractivity contribution is 7.90. The van der Waals surface area contributed by atoms with E-state index in [-0.39, 0.29) is 22.8 Å². The van der Waals surface area contributed by atoms with Gasteiger partial charge in [0.25, 0.3) is 0 Å². The number of sulfone groups is 1. The summed E-state index contributed by atoms with van der Waals surface area (Å²) < 4.78 is 27.9. The number of phenols is 1. The van der Waals surface area contributed by atoms with Crippen molar-refractivity contribution < 1.29 is 28.2 Å². The third kappa shape index (κ3) is 3.45. The summed E-state index contributed by atoms with van der Waals surface area (Å²) >= 11 is 0. The maximum Gasteiger partial charge on any atom is 0.339 e. The number of carbonyl (C=O) groups excluding carboxylic acids is 1. The molecule has 106 valence electrons. The topological polar surface area (TPSA) is 101 Å². The van der Waals surface area contributed by atoms with Crippen LogP contribution in [0.25, 0.3) is 0 Å². The number of esters is 1. The van der Waals surface area contributed by atoms with Gasteiger partial charge < -0.3 is 14.9 Å². The Morgan fingerprint density at radius 2 is 2.00 bits per heavy atom. The van der Waals surface area contributed by atoms with E-state index in [1.54, 1.807) is 6.92 Å². The third-order valence-electron chi connectivity index (χ3n) is 2.53. The van der Waals surface area contributed by atoms with Crippen LogP contribution in [0.4, 0.5) is 0 Å². The van der Waals surface area contributed by atoms with Crippen LogP contribution in [0, 0.1) is 6.92 Å². The summed E-state index contributed by atoms with van der Waals surface area (Å²) in [5, 5.41) is 19.4. The van der Waals surface area contributed by atoms with E-state index in [2.05, 4.69) is 4.74 Å². The van der Waals surface area contributed by atoms with Crippen molar-refractivity contribution in [1.29, 1.82) is 0 Å². The number of hydrogen-bond donors (Lipinski definition) is 2. The molecule has 6 nitrogen and oxygen atoms in total. The molecule has 0 spiro atoms. The van der Waals surface area contributed by atoms with Crippen molar-refractivity contribution in [3.63, 3.8) is 0 Å². The Morgan fingerprint density at radius 3 is 2.47 bits per heavy atom. The van der Waals surface area contributed by atoms with Crippen LogP contribution in [-0.2, 0) is 19.4 Å². The van der Waals surface area contributed by atoms with Gasteiger partial charge in [-0.1, -0.05) is 0 Å². The average molecular weight is 288 g/mol. The first kappa shape index (κ1) is 15.5. The highest BCUT2D eigenvalue weighted by Crippen LogP contribution is 2.30. The second-order valence-corrected chi connectivity index (χ2v) is 6.09. The van der Waals surface area contributed by atoms with Crippen molar-refractivity contribution in [1.82, 2.24) is 0 Å². The number of aliphatic hydroxyl groups is 1. The van der Waals surface area contributed by atoms with E-state index >= 15 is 0 Å². The van der Waals surface area contributed by atoms with Gasteiger partial charge in [-0.15, -0.1) is 0 Å². The molecular weight excluding hydrogens is 272 g/mol. The Kier molecular flexibility index (Phi) is 4.54. The summed E-state index contributed by atoms with van der Waals surface area (Å²) in [7, 11) is -3.65. The molecule has 0 saturated heterocycles. The van der Waals surface area contributed by atoms with Crippen LogP contribution in [0.2, 0.25) is 0 Å². The molecule has 0 bridgehead atoms. The van der Waals surface area contributed by atoms with E-state index in [4.69, 9.17) is 0 Å². The van der Waals surface area contributed by atoms with Crippen molar-refractivity contribution in [3.05, 3.63) is 23.3 Å². The highest BCUT2D eigenvalue weighted by Gasteiger charge is 2.26. The number of rotatable bonds is 4. The predicted octanol–water partition coefficient (Wildman–Crippen LogP) is 0.701. The molecule has 0 heterocycles. The number of hydrogen-bond acceptors (Lipinski definition) is 6. The Morgan fingerprint density at radius 1 is 1.42 bits per heavy atom. The van der Waals surface area contributed by atoms with E-state index in [1.165, 1.54) is 13.0 Å². The van der Waals surface area contributed by atoms with Gasteiger partial charge in [0, 0.05) is 11.8 Å². The van der Waals surface area contributed by atoms with Crippen molar-refractivity contribution in [2.45, 2.75) is 24.8 Å². The largest absolute Gasteiger partial charge is 0.508 e. The van der Waals surface area contributed by atoms with Crippen LogP contribution in [-0.4, -0.2) is 37.5 Å². The van der Waals surface area contributed by atoms with Gasteiger partial charge in [0.15, 0.2) is 15.9 Å². The van der Waals surface area contributed by atoms with E-state index in [9.17, 15) is 23.4 Å². The minimum absolute atomic E-state index is 0.0575. The molecule has 0 aliphatic heterocycles. The Bertz CT molecular complexity index is 590. The fourth-order valence-electron chi connectivity index (χ4n) is 1.57. The van der Waals surface area contributed by atoms with Crippen LogP contribution >= 0.6 is 0 Å². The maximum absolute atomic E-state index is 11.7. The first-order valence-corrected chi connectivity index (χ1v) is 7.46. The van der Waals surface area contributed by atoms with E-state index in [0.717, 1.165) is 12.3 Å². The summed E-state index contributed by atoms with van der Waals surface area (Å²) in [6, 6.07) is 2.27. The molecule has 1 atom stereocenters. The molecule has 0 aromatic heterocycles. The summed E-state index contributed by atoms with van der Waals surface area (Å²) in [4.78, 5) is 11.3. The molecule has 1 aromatic carbocycles. The van der Waals surface area contributed by atoms with Gasteiger partial charge in [0.05, 0.1) is 11.5 Å². The molecule has 0 amide bonds. The Labute approximate surface area is 111 Å². The molecule has 0 saturated carbocycles. The zero-order chi connectivity index (χ0) is 14.8. The quantitative estimate of drug-likeness (QED) is 0.791. The van der Waals surface area contributed by atoms with E-state index in [0.29, 0.717) is 5.56 Å². The standard InChI is InChI=1S/C12H16O6S/c1-4-18-12(15)11(14)8-6-9(13)7(2)5-10(8)19(3,16)17/h5-6,11,13-14H,4H2,1-3H3. The molecule has 7 heteroatoms. The lowest BCUT2D eigenvalue weighted by Crippen LogP contribution is -2.18. The number of benzene rings is 1. The van der Waals surface area contributed by atoms with Gasteiger partial charge in [-0.2, -0.15) is 0 Å². The molecule has 0 aliphatic rings. The van der Waals surface area contributed by atoms with Gasteiger partial charge in [-0.05, 0) is 31.5 Å². The fraction of sp³-hybridized carbons (Fsp3) is 0.417. The molecule has 1 aromatic rings. The normalized spacial score (nSPS) is 13.1. The third-order valence-corrected chi connectivity index (χ3v) is 3.68. The van der Waals surface area contributed by atoms with Crippen molar-refractivity contribution in [3.8, 4) is 5.75 Å². The SMILES string of the molecule is CCOC(=O)C(O)c1cc(O)c(C)cc1S(C)(=O)=O. The van der Waals surface area contributed by atoms with E-state index < -0.39 is 21.9 Å². The molecule has 19 heavy (non-hydrogen) atoms. The lowest BCUT2D eigenvalue weighted by Gasteiger charge is -2.15. The molecule has 2 N–H and O–H groups in total. The van der Waals surface area contributed by atoms with Gasteiger partial charge in [0.1, 0.15) is 5.75 Å². The second-order valence-electron chi connectivity index (χ2n) is 4.10. The van der Waals surface area contributed by atoms with Crippen LogP contribution in [0.5, 0.6) is 5.75 Å². The number of aryl methyl sites for hydroxylation is 1. The molecular formula is C12H16O6S. The molecule has 1 unspecified atom stereocenters. The van der Waals surface area contributed by atoms with Crippen molar-refractivity contribution in [2.75, 3.05) is 12.9 Å². The number of aliphatic hydroxyl groups excluding tert-OH is 1. The lowest BCUT2D eigenvalue weighted by atomic mass is 10.1. The number of ether oxygens (including phenoxy) is 1. The Hall–Kier alpha value is -1.60. The second kappa shape index (κ2) is 5.58. The van der Waals surface area contributed by atoms with Crippen LogP contribution < -0.4 is 0 Å². The fourth-order valence-corrected chi connectivity index (χ4v) is 2.56. The number of phenolic OH excluding ortho intramolecular Hbond substituents is 1. The van der Waals surface area contributed by atoms with Crippen molar-refractivity contribution >= 4 is 15.8 Å². The number of aromatic hydroxyl groups is 1. The zero-order valence-corrected chi connectivity index (χ0v) is 11.7. The van der Waals surface area contributed by atoms with Crippen molar-refractivity contribution in [2.24, 2.45) is 0 Å². The zero-order valence-electron chi connectivity index (χ0n) is 10.9. The molecule has 0 fully saturated rings. The van der Waals surface area contributed by atoms with Gasteiger partial charge in [-0.25, -0.2) is 13.2 Å². The first-order valence-electron chi connectivity index (χ1n) is 5.56. The van der Waals surface area contributed by atoms with Crippen LogP contribution in [0.1, 0.15) is 24.2 Å². The predicted molar refractivity (Wildman–Crippen MR) is 67.5 cm³/mol. The van der Waals surface area contributed by atoms with E-state index in [1.807, 2.05) is 0 Å². The monoisotopic (exact) mass is 288 g/mol. The van der Waals surface area contributed by atoms with Gasteiger partial charge >= 0.3 is 5.97 Å². The summed E-state index contributed by atoms with van der Waals surface area (Å²) in [6.07, 6.45) is -0.795. The Balaban J connectivity index is 3.41. The van der Waals surface area contributed by atoms with Gasteiger partial charge in [0.2, 0.25) is 0 Å². The minimum Gasteiger partial charge on any atom is -0.508 e. The maximum atomic E-state index is 11.7. The summed E-state index contributed by atoms with van der Waals surface area (Å²) in [5.74, 6) is -1.17. The van der Waals surface area contributed by atoms with Gasteiger partial charge in [-0.3, -0.25) is 0 Å². The van der Waals surface area contributed by atoms with Crippen LogP contribution in [0.15, 0.2) is 17.0 Å². The minimum atomic E-state index is -3.65. The number of carbonyl (C=O) groups is 1. The summed E-state index contributed by atoms with van der Waals surface area (Å²) in [6.45, 7) is 3.14. The first-order chi connectivity index (χ1) is 8.68. The lowest BCUT2D eigenvalue weighted by molar-refractivity contribution is -0.153. The molecule has 1 rings (SSSR count). The molecule has 0 radical (unpaired) electrons. The average Bonchev–Trinajstić information content (AvgIpc) is 2.30. The highest BCUT2D eigenvalue weighted by atomic mass is 32.2.